The van der Waals surface area contributed by atoms with Gasteiger partial charge in [0.1, 0.15) is 22.7 Å². The van der Waals surface area contributed by atoms with Crippen LogP contribution in [0.4, 0.5) is 34.1 Å². The molecule has 4 rings (SSSR count). The monoisotopic (exact) mass is 498 g/mol. The number of hydrogen-bond donors (Lipinski definition) is 2. The Balaban J connectivity index is 1.17. The van der Waals surface area contributed by atoms with Crippen LogP contribution in [0.1, 0.15) is 0 Å². The Morgan fingerprint density at radius 1 is 0.706 bits per heavy atom. The highest BCUT2D eigenvalue weighted by Crippen LogP contribution is 2.39. The van der Waals surface area contributed by atoms with E-state index in [4.69, 9.17) is 9.47 Å². The van der Waals surface area contributed by atoms with Crippen LogP contribution in [0.5, 0.6) is 0 Å². The average molecular weight is 499 g/mol. The Bertz CT molecular complexity index is 1270. The van der Waals surface area contributed by atoms with E-state index in [0.29, 0.717) is 34.1 Å². The van der Waals surface area contributed by atoms with Crippen molar-refractivity contribution in [1.82, 2.24) is 0 Å². The molecule has 0 bridgehead atoms. The van der Waals surface area contributed by atoms with Gasteiger partial charge in [-0.3, -0.25) is 9.59 Å². The maximum atomic E-state index is 12.0. The van der Waals surface area contributed by atoms with E-state index in [1.165, 1.54) is 0 Å². The number of carbonyl (C=O) groups is 4. The Labute approximate surface area is 199 Å². The van der Waals surface area contributed by atoms with Crippen LogP contribution >= 0.6 is 0 Å². The smallest absolute Gasteiger partial charge is 0.331 e. The Morgan fingerprint density at radius 3 is 1.59 bits per heavy atom. The summed E-state index contributed by atoms with van der Waals surface area (Å²) in [5.74, 6) is -3.06. The molecule has 2 aromatic rings. The molecule has 2 aliphatic heterocycles. The van der Waals surface area contributed by atoms with Crippen LogP contribution in [0, 0.1) is 0 Å². The number of nitrogens with zero attached hydrogens (tertiary/aromatic N) is 4. The highest BCUT2D eigenvalue weighted by Gasteiger charge is 2.15. The van der Waals surface area contributed by atoms with Crippen LogP contribution < -0.4 is 10.6 Å². The van der Waals surface area contributed by atoms with Gasteiger partial charge < -0.3 is 20.1 Å². The number of anilines is 2. The molecule has 0 saturated heterocycles. The molecule has 0 atom stereocenters. The molecule has 2 aromatic carbocycles. The zero-order chi connectivity index (χ0) is 23.9. The van der Waals surface area contributed by atoms with Crippen LogP contribution in [0.2, 0.25) is 0 Å². The van der Waals surface area contributed by atoms with Gasteiger partial charge in [0.25, 0.3) is 11.8 Å². The number of nitrogens with one attached hydrogen (secondary N) is 2. The zero-order valence-corrected chi connectivity index (χ0v) is 18.7. The summed E-state index contributed by atoms with van der Waals surface area (Å²) in [7, 11) is 0. The lowest BCUT2D eigenvalue weighted by molar-refractivity contribution is -0.144. The van der Waals surface area contributed by atoms with E-state index in [1.807, 2.05) is 0 Å². The number of carbonyl (C=O) groups excluding carboxylic acids is 4. The maximum Gasteiger partial charge on any atom is 0.331 e. The third-order valence-corrected chi connectivity index (χ3v) is 5.25. The minimum absolute atomic E-state index is 0.437. The summed E-state index contributed by atoms with van der Waals surface area (Å²) in [6.07, 6.45) is 1.58. The van der Waals surface area contributed by atoms with Gasteiger partial charge in [0.05, 0.1) is 34.1 Å². The number of ether oxygens (including phenoxy) is 2. The lowest BCUT2D eigenvalue weighted by Crippen LogP contribution is -2.21. The minimum Gasteiger partial charge on any atom is -0.452 e. The van der Waals surface area contributed by atoms with Crippen molar-refractivity contribution in [1.29, 1.82) is 0 Å². The van der Waals surface area contributed by atoms with Gasteiger partial charge in [-0.25, -0.2) is 9.59 Å². The van der Waals surface area contributed by atoms with E-state index >= 15 is 0 Å². The van der Waals surface area contributed by atoms with Gasteiger partial charge in [-0.05, 0) is 24.3 Å². The van der Waals surface area contributed by atoms with Crippen molar-refractivity contribution in [3.8, 4) is 0 Å². The van der Waals surface area contributed by atoms with Crippen molar-refractivity contribution in [2.45, 2.75) is 0 Å². The largest absolute Gasteiger partial charge is 0.452 e. The molecule has 0 aromatic heterocycles. The second-order valence-corrected chi connectivity index (χ2v) is 7.58. The molecular formula is C20H14N6O6S2. The highest BCUT2D eigenvalue weighted by molar-refractivity contribution is 7.58. The van der Waals surface area contributed by atoms with E-state index in [-0.39, 0.29) is 0 Å². The van der Waals surface area contributed by atoms with Gasteiger partial charge >= 0.3 is 11.9 Å². The average Bonchev–Trinajstić information content (AvgIpc) is 3.50. The zero-order valence-electron chi connectivity index (χ0n) is 17.1. The van der Waals surface area contributed by atoms with Crippen molar-refractivity contribution in [3.63, 3.8) is 0 Å². The predicted molar refractivity (Wildman–Crippen MR) is 124 cm³/mol. The number of esters is 2. The second-order valence-electron chi connectivity index (χ2n) is 6.52. The standard InChI is InChI=1S/C20H14N6O6S2/c27-15(21-11-3-1-5-13-19(11)25-33-23-13)9-31-17(29)7-8-18(30)32-10-16(28)22-12-4-2-6-14-20(12)26-34-24-14/h1-8H,9-10H2,(H,21,27)(H,22,28)/b8-7+. The van der Waals surface area contributed by atoms with E-state index < -0.39 is 37.0 Å². The molecule has 172 valence electrons. The topological polar surface area (TPSA) is 160 Å². The summed E-state index contributed by atoms with van der Waals surface area (Å²) < 4.78 is 25.9. The Hall–Kier alpha value is -4.30. The van der Waals surface area contributed by atoms with E-state index in [2.05, 4.69) is 28.1 Å². The summed E-state index contributed by atoms with van der Waals surface area (Å²) in [5.41, 5.74) is 3.19. The van der Waals surface area contributed by atoms with Crippen LogP contribution in [-0.4, -0.2) is 37.0 Å². The second kappa shape index (κ2) is 10.5. The molecule has 2 heterocycles. The first-order valence-corrected chi connectivity index (χ1v) is 11.0. The molecule has 14 heteroatoms. The highest BCUT2D eigenvalue weighted by atomic mass is 32.1. The van der Waals surface area contributed by atoms with Crippen LogP contribution in [0.15, 0.2) is 66.0 Å². The fraction of sp³-hybridized carbons (Fsp3) is 0.100. The van der Waals surface area contributed by atoms with Crippen molar-refractivity contribution in [3.05, 3.63) is 48.6 Å². The van der Waals surface area contributed by atoms with Gasteiger partial charge in [0.15, 0.2) is 13.2 Å². The Morgan fingerprint density at radius 2 is 1.15 bits per heavy atom. The number of fused-ring (bicyclic) bond motifs is 2. The molecule has 0 unspecified atom stereocenters. The first kappa shape index (κ1) is 22.9. The van der Waals surface area contributed by atoms with Gasteiger partial charge in [0, 0.05) is 12.2 Å². The molecule has 0 radical (unpaired) electrons. The first-order chi connectivity index (χ1) is 16.5. The number of benzene rings is 2. The predicted octanol–water partition coefficient (Wildman–Crippen LogP) is 3.36. The molecule has 12 nitrogen and oxygen atoms in total. The SMILES string of the molecule is O=C(COC(=O)/C=C/C(=O)OCC(=O)Nc1cccc2c1N=S=N2)Nc1cccc2c1N=S=N2. The Kier molecular flexibility index (Phi) is 7.10. The molecule has 2 aliphatic rings. The van der Waals surface area contributed by atoms with E-state index in [1.54, 1.807) is 36.4 Å². The third-order valence-electron chi connectivity index (χ3n) is 4.17. The molecule has 0 fully saturated rings. The minimum atomic E-state index is -0.937. The van der Waals surface area contributed by atoms with Crippen LogP contribution in [0.25, 0.3) is 0 Å². The van der Waals surface area contributed by atoms with Gasteiger partial charge in [-0.2, -0.15) is 17.5 Å². The first-order valence-electron chi connectivity index (χ1n) is 9.53. The van der Waals surface area contributed by atoms with Crippen molar-refractivity contribution in [2.24, 2.45) is 17.5 Å². The molecule has 2 amide bonds. The van der Waals surface area contributed by atoms with E-state index in [9.17, 15) is 19.2 Å². The summed E-state index contributed by atoms with van der Waals surface area (Å²) in [5, 5.41) is 5.15. The van der Waals surface area contributed by atoms with Gasteiger partial charge in [0.2, 0.25) is 0 Å². The fourth-order valence-corrected chi connectivity index (χ4v) is 3.79. The molecule has 2 N–H and O–H groups in total. The molecular weight excluding hydrogens is 484 g/mol. The van der Waals surface area contributed by atoms with E-state index in [0.717, 1.165) is 34.9 Å². The van der Waals surface area contributed by atoms with Crippen LogP contribution in [0.3, 0.4) is 0 Å². The summed E-state index contributed by atoms with van der Waals surface area (Å²) in [6, 6.07) is 10.2. The maximum absolute atomic E-state index is 12.0. The van der Waals surface area contributed by atoms with Gasteiger partial charge in [-0.15, -0.1) is 0 Å². The number of amides is 2. The molecule has 0 aliphatic carbocycles. The lowest BCUT2D eigenvalue weighted by Gasteiger charge is -2.08. The molecule has 34 heavy (non-hydrogen) atoms. The normalized spacial score (nSPS) is 12.4. The van der Waals surface area contributed by atoms with Crippen molar-refractivity contribution in [2.75, 3.05) is 23.8 Å². The molecule has 0 saturated carbocycles. The number of rotatable bonds is 8. The van der Waals surface area contributed by atoms with Crippen molar-refractivity contribution < 1.29 is 28.7 Å². The summed E-state index contributed by atoms with van der Waals surface area (Å²) in [4.78, 5) is 47.5. The van der Waals surface area contributed by atoms with Crippen LogP contribution in [-0.2, 0) is 51.4 Å². The quantitative estimate of drug-likeness (QED) is 0.280. The van der Waals surface area contributed by atoms with Crippen molar-refractivity contribution >= 4 is 80.6 Å². The van der Waals surface area contributed by atoms with Gasteiger partial charge in [-0.1, -0.05) is 12.1 Å². The fourth-order valence-electron chi connectivity index (χ4n) is 2.69. The lowest BCUT2D eigenvalue weighted by atomic mass is 10.2. The summed E-state index contributed by atoms with van der Waals surface area (Å²) in [6.45, 7) is -1.16. The summed E-state index contributed by atoms with van der Waals surface area (Å²) >= 11 is 2.02. The molecule has 0 spiro atoms. The third kappa shape index (κ3) is 5.73. The number of hydrogen-bond acceptors (Lipinski definition) is 10.